The molecule has 1 fully saturated rings. The lowest BCUT2D eigenvalue weighted by atomic mass is 10.0. The van der Waals surface area contributed by atoms with Crippen LogP contribution in [-0.2, 0) is 9.59 Å². The summed E-state index contributed by atoms with van der Waals surface area (Å²) in [5, 5.41) is 6.54. The molecule has 2 amide bonds. The van der Waals surface area contributed by atoms with E-state index in [9.17, 15) is 9.59 Å². The molecule has 2 N–H and O–H groups in total. The maximum Gasteiger partial charge on any atom is 0.240 e. The number of anilines is 2. The van der Waals surface area contributed by atoms with E-state index in [0.29, 0.717) is 60.4 Å². The van der Waals surface area contributed by atoms with Gasteiger partial charge in [-0.3, -0.25) is 14.6 Å². The SMILES string of the molecule is CCOc1cc2nccc(Oc3ccc(NC(=O)C4(C(=O)Nc5ccc(C)cc5)CC4)cc3)c2cc1OCC. The van der Waals surface area contributed by atoms with Gasteiger partial charge in [-0.15, -0.1) is 0 Å². The molecule has 1 heterocycles. The second-order valence-corrected chi connectivity index (χ2v) is 9.47. The molecule has 4 aromatic rings. The van der Waals surface area contributed by atoms with Crippen LogP contribution < -0.4 is 24.8 Å². The van der Waals surface area contributed by atoms with E-state index in [4.69, 9.17) is 14.2 Å². The molecule has 0 unspecified atom stereocenters. The number of rotatable bonds is 10. The van der Waals surface area contributed by atoms with E-state index in [2.05, 4.69) is 15.6 Å². The Morgan fingerprint density at radius 3 is 1.92 bits per heavy atom. The van der Waals surface area contributed by atoms with Crippen molar-refractivity contribution in [2.24, 2.45) is 5.41 Å². The highest BCUT2D eigenvalue weighted by Gasteiger charge is 2.56. The third-order valence-electron chi connectivity index (χ3n) is 6.64. The third-order valence-corrected chi connectivity index (χ3v) is 6.64. The maximum absolute atomic E-state index is 13.0. The minimum atomic E-state index is -1.05. The Labute approximate surface area is 227 Å². The summed E-state index contributed by atoms with van der Waals surface area (Å²) in [6.07, 6.45) is 2.71. The highest BCUT2D eigenvalue weighted by atomic mass is 16.5. The molecule has 5 rings (SSSR count). The molecule has 0 bridgehead atoms. The first kappa shape index (κ1) is 26.0. The minimum Gasteiger partial charge on any atom is -0.490 e. The van der Waals surface area contributed by atoms with Crippen LogP contribution in [0, 0.1) is 12.3 Å². The van der Waals surface area contributed by atoms with Crippen molar-refractivity contribution in [3.63, 3.8) is 0 Å². The number of fused-ring (bicyclic) bond motifs is 1. The molecule has 1 aromatic heterocycles. The van der Waals surface area contributed by atoms with E-state index >= 15 is 0 Å². The lowest BCUT2D eigenvalue weighted by Crippen LogP contribution is -2.35. The number of aromatic nitrogens is 1. The molecule has 0 spiro atoms. The zero-order valence-corrected chi connectivity index (χ0v) is 22.2. The van der Waals surface area contributed by atoms with Gasteiger partial charge in [0, 0.05) is 29.0 Å². The van der Waals surface area contributed by atoms with Crippen molar-refractivity contribution in [3.05, 3.63) is 78.5 Å². The van der Waals surface area contributed by atoms with Crippen LogP contribution in [0.25, 0.3) is 10.9 Å². The van der Waals surface area contributed by atoms with Gasteiger partial charge in [-0.05, 0) is 82.1 Å². The van der Waals surface area contributed by atoms with Gasteiger partial charge in [-0.1, -0.05) is 17.7 Å². The van der Waals surface area contributed by atoms with Crippen LogP contribution in [0.3, 0.4) is 0 Å². The fraction of sp³-hybridized carbons (Fsp3) is 0.258. The van der Waals surface area contributed by atoms with Gasteiger partial charge < -0.3 is 24.8 Å². The largest absolute Gasteiger partial charge is 0.490 e. The maximum atomic E-state index is 13.0. The molecule has 0 aliphatic heterocycles. The van der Waals surface area contributed by atoms with Crippen molar-refractivity contribution < 1.29 is 23.8 Å². The Morgan fingerprint density at radius 1 is 0.795 bits per heavy atom. The number of hydrogen-bond acceptors (Lipinski definition) is 6. The number of hydrogen-bond donors (Lipinski definition) is 2. The summed E-state index contributed by atoms with van der Waals surface area (Å²) < 4.78 is 17.6. The van der Waals surface area contributed by atoms with E-state index in [0.717, 1.165) is 16.5 Å². The predicted octanol–water partition coefficient (Wildman–Crippen LogP) is 6.49. The number of nitrogens with one attached hydrogen (secondary N) is 2. The smallest absolute Gasteiger partial charge is 0.240 e. The second-order valence-electron chi connectivity index (χ2n) is 9.47. The van der Waals surface area contributed by atoms with Gasteiger partial charge >= 0.3 is 0 Å². The lowest BCUT2D eigenvalue weighted by Gasteiger charge is -2.16. The number of pyridine rings is 1. The molecule has 0 atom stereocenters. The van der Waals surface area contributed by atoms with Gasteiger partial charge in [0.2, 0.25) is 11.8 Å². The summed E-state index contributed by atoms with van der Waals surface area (Å²) in [7, 11) is 0. The molecule has 200 valence electrons. The van der Waals surface area contributed by atoms with Gasteiger partial charge in [-0.2, -0.15) is 0 Å². The van der Waals surface area contributed by atoms with E-state index in [1.807, 2.05) is 57.2 Å². The molecule has 0 radical (unpaired) electrons. The second kappa shape index (κ2) is 11.0. The monoisotopic (exact) mass is 525 g/mol. The number of carbonyl (C=O) groups is 2. The minimum absolute atomic E-state index is 0.285. The molecule has 0 saturated heterocycles. The van der Waals surface area contributed by atoms with Gasteiger partial charge in [-0.25, -0.2) is 0 Å². The average molecular weight is 526 g/mol. The summed E-state index contributed by atoms with van der Waals surface area (Å²) in [6.45, 7) is 6.84. The van der Waals surface area contributed by atoms with Gasteiger partial charge in [0.15, 0.2) is 11.5 Å². The molecule has 1 saturated carbocycles. The summed E-state index contributed by atoms with van der Waals surface area (Å²) in [6, 6.07) is 20.1. The third kappa shape index (κ3) is 5.65. The van der Waals surface area contributed by atoms with Crippen LogP contribution in [0.2, 0.25) is 0 Å². The Morgan fingerprint density at radius 2 is 1.36 bits per heavy atom. The molecule has 1 aliphatic rings. The summed E-state index contributed by atoms with van der Waals surface area (Å²) >= 11 is 0. The molecule has 39 heavy (non-hydrogen) atoms. The molecular formula is C31H31N3O5. The summed E-state index contributed by atoms with van der Waals surface area (Å²) in [4.78, 5) is 30.4. The number of aryl methyl sites for hydroxylation is 1. The first-order chi connectivity index (χ1) is 18.9. The molecule has 8 nitrogen and oxygen atoms in total. The predicted molar refractivity (Wildman–Crippen MR) is 151 cm³/mol. The number of carbonyl (C=O) groups excluding carboxylic acids is 2. The quantitative estimate of drug-likeness (QED) is 0.230. The Kier molecular flexibility index (Phi) is 7.36. The van der Waals surface area contributed by atoms with E-state index in [1.54, 1.807) is 36.5 Å². The standard InChI is InChI=1S/C31H31N3O5/c1-4-37-27-18-24-25(19-28(27)38-5-2)32-17-14-26(24)39-23-12-10-22(11-13-23)34-30(36)31(15-16-31)29(35)33-21-8-6-20(3)7-9-21/h6-14,17-19H,4-5,15-16H2,1-3H3,(H,33,35)(H,34,36). The fourth-order valence-corrected chi connectivity index (χ4v) is 4.31. The first-order valence-corrected chi connectivity index (χ1v) is 13.1. The van der Waals surface area contributed by atoms with Crippen molar-refractivity contribution in [1.82, 2.24) is 4.98 Å². The number of ether oxygens (including phenoxy) is 3. The fourth-order valence-electron chi connectivity index (χ4n) is 4.31. The average Bonchev–Trinajstić information content (AvgIpc) is 3.75. The van der Waals surface area contributed by atoms with Crippen molar-refractivity contribution in [2.45, 2.75) is 33.6 Å². The molecule has 1 aliphatic carbocycles. The molecule has 3 aromatic carbocycles. The first-order valence-electron chi connectivity index (χ1n) is 13.1. The normalized spacial score (nSPS) is 13.4. The highest BCUT2D eigenvalue weighted by molar-refractivity contribution is 6.16. The van der Waals surface area contributed by atoms with Crippen LogP contribution in [0.1, 0.15) is 32.3 Å². The van der Waals surface area contributed by atoms with E-state index < -0.39 is 5.41 Å². The van der Waals surface area contributed by atoms with Crippen LogP contribution in [-0.4, -0.2) is 30.0 Å². The summed E-state index contributed by atoms with van der Waals surface area (Å²) in [5.41, 5.74) is 2.04. The lowest BCUT2D eigenvalue weighted by molar-refractivity contribution is -0.131. The van der Waals surface area contributed by atoms with Crippen molar-refractivity contribution in [1.29, 1.82) is 0 Å². The van der Waals surface area contributed by atoms with Crippen LogP contribution in [0.4, 0.5) is 11.4 Å². The Balaban J connectivity index is 1.27. The van der Waals surface area contributed by atoms with Crippen LogP contribution in [0.5, 0.6) is 23.0 Å². The number of amides is 2. The van der Waals surface area contributed by atoms with E-state index in [-0.39, 0.29) is 11.8 Å². The topological polar surface area (TPSA) is 98.8 Å². The van der Waals surface area contributed by atoms with Crippen molar-refractivity contribution >= 4 is 34.1 Å². The van der Waals surface area contributed by atoms with Crippen molar-refractivity contribution in [2.75, 3.05) is 23.8 Å². The Bertz CT molecular complexity index is 1500. The van der Waals surface area contributed by atoms with Gasteiger partial charge in [0.05, 0.1) is 18.7 Å². The highest BCUT2D eigenvalue weighted by Crippen LogP contribution is 2.47. The number of nitrogens with zero attached hydrogens (tertiary/aromatic N) is 1. The van der Waals surface area contributed by atoms with Gasteiger partial charge in [0.1, 0.15) is 16.9 Å². The zero-order chi connectivity index (χ0) is 27.4. The number of benzene rings is 3. The molecular weight excluding hydrogens is 494 g/mol. The van der Waals surface area contributed by atoms with Gasteiger partial charge in [0.25, 0.3) is 0 Å². The van der Waals surface area contributed by atoms with Crippen LogP contribution in [0.15, 0.2) is 72.9 Å². The van der Waals surface area contributed by atoms with Crippen LogP contribution >= 0.6 is 0 Å². The zero-order valence-electron chi connectivity index (χ0n) is 22.2. The van der Waals surface area contributed by atoms with Crippen molar-refractivity contribution in [3.8, 4) is 23.0 Å². The van der Waals surface area contributed by atoms with E-state index in [1.165, 1.54) is 0 Å². The molecule has 8 heteroatoms. The Hall–Kier alpha value is -4.59. The summed E-state index contributed by atoms with van der Waals surface area (Å²) in [5.74, 6) is 1.87.